The molecule has 0 unspecified atom stereocenters. The lowest BCUT2D eigenvalue weighted by Crippen LogP contribution is -2.19. The normalized spacial score (nSPS) is 12.1. The second kappa shape index (κ2) is 6.51. The van der Waals surface area contributed by atoms with Gasteiger partial charge in [0.2, 0.25) is 5.91 Å². The monoisotopic (exact) mass is 305 g/mol. The molecule has 1 aromatic carbocycles. The molecule has 0 spiro atoms. The molecule has 2 N–H and O–H groups in total. The number of aldehydes is 1. The van der Waals surface area contributed by atoms with Crippen LogP contribution in [-0.4, -0.2) is 17.3 Å². The average molecular weight is 305 g/mol. The van der Waals surface area contributed by atoms with E-state index in [0.717, 1.165) is 17.4 Å². The number of anilines is 1. The zero-order valence-corrected chi connectivity index (χ0v) is 14.4. The molecule has 4 heteroatoms. The van der Waals surface area contributed by atoms with Crippen LogP contribution in [0.5, 0.6) is 5.75 Å². The van der Waals surface area contributed by atoms with Crippen molar-refractivity contribution in [3.05, 3.63) is 23.3 Å². The van der Waals surface area contributed by atoms with Gasteiger partial charge in [0.05, 0.1) is 0 Å². The van der Waals surface area contributed by atoms with Crippen LogP contribution in [0.3, 0.4) is 0 Å². The number of phenols is 1. The number of aromatic hydroxyl groups is 1. The summed E-state index contributed by atoms with van der Waals surface area (Å²) in [6.45, 7) is 12.1. The molecule has 0 heterocycles. The van der Waals surface area contributed by atoms with E-state index in [0.29, 0.717) is 5.69 Å². The molecule has 0 aromatic heterocycles. The Balaban J connectivity index is 3.29. The fourth-order valence-corrected chi connectivity index (χ4v) is 2.26. The van der Waals surface area contributed by atoms with Crippen LogP contribution >= 0.6 is 0 Å². The van der Waals surface area contributed by atoms with E-state index in [2.05, 4.69) is 5.32 Å². The number of carbonyl (C=O) groups excluding carboxylic acids is 2. The number of rotatable bonds is 4. The minimum absolute atomic E-state index is 0.167. The van der Waals surface area contributed by atoms with Crippen LogP contribution in [0.1, 0.15) is 65.5 Å². The molecular formula is C18H27NO3. The van der Waals surface area contributed by atoms with E-state index in [1.807, 2.05) is 53.7 Å². The van der Waals surface area contributed by atoms with Gasteiger partial charge in [0.1, 0.15) is 12.0 Å². The highest BCUT2D eigenvalue weighted by atomic mass is 16.3. The maximum absolute atomic E-state index is 11.8. The van der Waals surface area contributed by atoms with Gasteiger partial charge < -0.3 is 15.2 Å². The second-order valence-corrected chi connectivity index (χ2v) is 7.67. The summed E-state index contributed by atoms with van der Waals surface area (Å²) in [7, 11) is 0. The van der Waals surface area contributed by atoms with Gasteiger partial charge in [-0.2, -0.15) is 0 Å². The molecule has 0 saturated heterocycles. The maximum atomic E-state index is 11.8. The minimum atomic E-state index is -0.242. The molecule has 0 aliphatic rings. The van der Waals surface area contributed by atoms with Gasteiger partial charge in [0, 0.05) is 29.7 Å². The third-order valence-electron chi connectivity index (χ3n) is 3.50. The summed E-state index contributed by atoms with van der Waals surface area (Å²) >= 11 is 0. The van der Waals surface area contributed by atoms with Gasteiger partial charge in [-0.15, -0.1) is 0 Å². The van der Waals surface area contributed by atoms with Crippen LogP contribution < -0.4 is 5.32 Å². The van der Waals surface area contributed by atoms with E-state index in [1.54, 1.807) is 0 Å². The molecule has 122 valence electrons. The third-order valence-corrected chi connectivity index (χ3v) is 3.50. The highest BCUT2D eigenvalue weighted by molar-refractivity contribution is 5.92. The van der Waals surface area contributed by atoms with Crippen molar-refractivity contribution in [2.75, 3.05) is 5.32 Å². The zero-order valence-electron chi connectivity index (χ0n) is 14.4. The van der Waals surface area contributed by atoms with Crippen LogP contribution in [0.15, 0.2) is 12.1 Å². The Kier molecular flexibility index (Phi) is 5.39. The molecule has 22 heavy (non-hydrogen) atoms. The number of amides is 1. The molecule has 0 aliphatic heterocycles. The number of nitrogens with one attached hydrogen (secondary N) is 1. The smallest absolute Gasteiger partial charge is 0.224 e. The molecule has 1 amide bonds. The van der Waals surface area contributed by atoms with Crippen LogP contribution in [0.4, 0.5) is 5.69 Å². The quantitative estimate of drug-likeness (QED) is 0.655. The summed E-state index contributed by atoms with van der Waals surface area (Å²) in [4.78, 5) is 22.2. The molecule has 1 rings (SSSR count). The summed E-state index contributed by atoms with van der Waals surface area (Å²) in [5, 5.41) is 13.4. The van der Waals surface area contributed by atoms with E-state index in [4.69, 9.17) is 0 Å². The van der Waals surface area contributed by atoms with Crippen molar-refractivity contribution in [3.8, 4) is 5.75 Å². The molecule has 4 nitrogen and oxygen atoms in total. The van der Waals surface area contributed by atoms with E-state index >= 15 is 0 Å². The van der Waals surface area contributed by atoms with E-state index in [9.17, 15) is 14.7 Å². The third kappa shape index (κ3) is 4.58. The predicted molar refractivity (Wildman–Crippen MR) is 89.4 cm³/mol. The van der Waals surface area contributed by atoms with Gasteiger partial charge in [-0.05, 0) is 23.0 Å². The fraction of sp³-hybridized carbons (Fsp3) is 0.556. The molecule has 0 fully saturated rings. The van der Waals surface area contributed by atoms with Crippen molar-refractivity contribution in [1.82, 2.24) is 0 Å². The predicted octanol–water partition coefficient (Wildman–Crippen LogP) is 3.90. The number of benzene rings is 1. The number of phenolic OH excluding ortho intramolecular Hbond substituents is 1. The van der Waals surface area contributed by atoms with Crippen molar-refractivity contribution in [2.45, 2.75) is 65.2 Å². The lowest BCUT2D eigenvalue weighted by molar-refractivity contribution is -0.118. The Labute approximate surface area is 132 Å². The summed E-state index contributed by atoms with van der Waals surface area (Å²) in [6, 6.07) is 3.62. The Bertz CT molecular complexity index is 528. The fourth-order valence-electron chi connectivity index (χ4n) is 2.26. The number of hydrogen-bond donors (Lipinski definition) is 2. The topological polar surface area (TPSA) is 66.4 Å². The number of hydrogen-bond acceptors (Lipinski definition) is 3. The van der Waals surface area contributed by atoms with Crippen molar-refractivity contribution >= 4 is 17.9 Å². The van der Waals surface area contributed by atoms with E-state index < -0.39 is 0 Å². The van der Waals surface area contributed by atoms with Crippen molar-refractivity contribution in [3.63, 3.8) is 0 Å². The van der Waals surface area contributed by atoms with Gasteiger partial charge in [0.25, 0.3) is 0 Å². The lowest BCUT2D eigenvalue weighted by Gasteiger charge is -2.28. The molecule has 0 radical (unpaired) electrons. The first-order valence-electron chi connectivity index (χ1n) is 7.58. The van der Waals surface area contributed by atoms with E-state index in [-0.39, 0.29) is 35.3 Å². The largest absolute Gasteiger partial charge is 0.507 e. The van der Waals surface area contributed by atoms with Gasteiger partial charge in [-0.25, -0.2) is 0 Å². The van der Waals surface area contributed by atoms with Crippen LogP contribution in [0, 0.1) is 0 Å². The highest BCUT2D eigenvalue weighted by Crippen LogP contribution is 2.41. The SMILES string of the molecule is CC(C)(C)c1cc(NC(=O)CCC=O)cc(C(C)(C)C)c1O. The first kappa shape index (κ1) is 18.2. The van der Waals surface area contributed by atoms with Gasteiger partial charge in [0.15, 0.2) is 0 Å². The summed E-state index contributed by atoms with van der Waals surface area (Å²) in [5.74, 6) is 0.0865. The standard InChI is InChI=1S/C18H27NO3/c1-17(2,3)13-10-12(19-15(21)8-7-9-20)11-14(16(13)22)18(4,5)6/h9-11,22H,7-8H2,1-6H3,(H,19,21). The number of carbonyl (C=O) groups is 2. The zero-order chi connectivity index (χ0) is 17.1. The Morgan fingerprint density at radius 2 is 1.55 bits per heavy atom. The van der Waals surface area contributed by atoms with Crippen molar-refractivity contribution < 1.29 is 14.7 Å². The lowest BCUT2D eigenvalue weighted by atomic mass is 9.79. The Morgan fingerprint density at radius 1 is 1.09 bits per heavy atom. The molecule has 0 saturated carbocycles. The molecule has 0 bridgehead atoms. The first-order valence-corrected chi connectivity index (χ1v) is 7.58. The Hall–Kier alpha value is -1.84. The van der Waals surface area contributed by atoms with Crippen molar-refractivity contribution in [2.24, 2.45) is 0 Å². The highest BCUT2D eigenvalue weighted by Gasteiger charge is 2.26. The van der Waals surface area contributed by atoms with Crippen molar-refractivity contribution in [1.29, 1.82) is 0 Å². The summed E-state index contributed by atoms with van der Waals surface area (Å²) in [6.07, 6.45) is 1.11. The molecule has 1 aromatic rings. The first-order chi connectivity index (χ1) is 9.96. The summed E-state index contributed by atoms with van der Waals surface area (Å²) < 4.78 is 0. The van der Waals surface area contributed by atoms with Gasteiger partial charge in [-0.1, -0.05) is 41.5 Å². The van der Waals surface area contributed by atoms with Gasteiger partial charge >= 0.3 is 0 Å². The van der Waals surface area contributed by atoms with Crippen LogP contribution in [0.25, 0.3) is 0 Å². The maximum Gasteiger partial charge on any atom is 0.224 e. The van der Waals surface area contributed by atoms with Gasteiger partial charge in [-0.3, -0.25) is 4.79 Å². The van der Waals surface area contributed by atoms with Crippen LogP contribution in [-0.2, 0) is 20.4 Å². The second-order valence-electron chi connectivity index (χ2n) is 7.67. The molecule has 0 atom stereocenters. The van der Waals surface area contributed by atoms with Crippen LogP contribution in [0.2, 0.25) is 0 Å². The molecular weight excluding hydrogens is 278 g/mol. The van der Waals surface area contributed by atoms with E-state index in [1.165, 1.54) is 0 Å². The minimum Gasteiger partial charge on any atom is -0.507 e. The Morgan fingerprint density at radius 3 is 1.91 bits per heavy atom. The average Bonchev–Trinajstić information content (AvgIpc) is 2.35. The molecule has 0 aliphatic carbocycles. The summed E-state index contributed by atoms with van der Waals surface area (Å²) in [5.41, 5.74) is 1.76.